The van der Waals surface area contributed by atoms with Gasteiger partial charge in [0.15, 0.2) is 0 Å². The summed E-state index contributed by atoms with van der Waals surface area (Å²) in [6.07, 6.45) is 0.535. The van der Waals surface area contributed by atoms with Gasteiger partial charge in [-0.1, -0.05) is 30.3 Å². The number of aryl methyl sites for hydroxylation is 2. The first-order valence-electron chi connectivity index (χ1n) is 6.96. The van der Waals surface area contributed by atoms with Gasteiger partial charge in [-0.2, -0.15) is 5.26 Å². The van der Waals surface area contributed by atoms with Crippen LogP contribution in [-0.4, -0.2) is 6.61 Å². The summed E-state index contributed by atoms with van der Waals surface area (Å²) in [5, 5.41) is 9.25. The van der Waals surface area contributed by atoms with Crippen molar-refractivity contribution < 1.29 is 9.13 Å². The second-order valence-electron chi connectivity index (χ2n) is 5.09. The average molecular weight is 283 g/mol. The molecule has 2 aromatic carbocycles. The Morgan fingerprint density at radius 1 is 1.14 bits per heavy atom. The highest BCUT2D eigenvalue weighted by atomic mass is 19.1. The molecule has 0 aliphatic heterocycles. The number of para-hydroxylation sites is 1. The summed E-state index contributed by atoms with van der Waals surface area (Å²) in [7, 11) is 0. The summed E-state index contributed by atoms with van der Waals surface area (Å²) in [5.74, 6) is 0.196. The molecule has 1 atom stereocenters. The Hall–Kier alpha value is -2.34. The van der Waals surface area contributed by atoms with Crippen molar-refractivity contribution in [2.45, 2.75) is 26.2 Å². The number of halogens is 1. The van der Waals surface area contributed by atoms with Crippen LogP contribution in [0.1, 0.15) is 29.0 Å². The van der Waals surface area contributed by atoms with Crippen molar-refractivity contribution in [1.29, 1.82) is 5.26 Å². The second kappa shape index (κ2) is 6.90. The minimum atomic E-state index is -0.356. The van der Waals surface area contributed by atoms with Crippen molar-refractivity contribution in [2.24, 2.45) is 0 Å². The normalized spacial score (nSPS) is 11.7. The van der Waals surface area contributed by atoms with Crippen LogP contribution in [0.3, 0.4) is 0 Å². The molecule has 0 fully saturated rings. The summed E-state index contributed by atoms with van der Waals surface area (Å²) >= 11 is 0. The van der Waals surface area contributed by atoms with Crippen LogP contribution in [0.25, 0.3) is 0 Å². The van der Waals surface area contributed by atoms with E-state index in [-0.39, 0.29) is 11.7 Å². The molecule has 0 aromatic heterocycles. The lowest BCUT2D eigenvalue weighted by Gasteiger charge is -2.14. The number of ether oxygens (including phenoxy) is 1. The quantitative estimate of drug-likeness (QED) is 0.808. The fourth-order valence-electron chi connectivity index (χ4n) is 2.33. The largest absolute Gasteiger partial charge is 0.493 e. The predicted octanol–water partition coefficient (Wildman–Crippen LogP) is 4.52. The molecule has 0 saturated carbocycles. The maximum absolute atomic E-state index is 13.2. The summed E-state index contributed by atoms with van der Waals surface area (Å²) < 4.78 is 19.0. The Balaban J connectivity index is 2.00. The molecule has 1 unspecified atom stereocenters. The standard InChI is InChI=1S/C18H18FNO/c1-13-5-3-6-14(2)18(13)21-10-9-16(12-20)15-7-4-8-17(19)11-15/h3-8,11,16H,9-10H2,1-2H3. The lowest BCUT2D eigenvalue weighted by molar-refractivity contribution is 0.302. The highest BCUT2D eigenvalue weighted by molar-refractivity contribution is 5.39. The molecule has 2 rings (SSSR count). The molecule has 3 heteroatoms. The van der Waals surface area contributed by atoms with E-state index >= 15 is 0 Å². The molecule has 0 saturated heterocycles. The molecule has 2 nitrogen and oxygen atoms in total. The minimum Gasteiger partial charge on any atom is -0.493 e. The van der Waals surface area contributed by atoms with E-state index in [9.17, 15) is 9.65 Å². The van der Waals surface area contributed by atoms with E-state index in [0.29, 0.717) is 18.6 Å². The number of hydrogen-bond acceptors (Lipinski definition) is 2. The first-order chi connectivity index (χ1) is 10.1. The monoisotopic (exact) mass is 283 g/mol. The number of hydrogen-bond donors (Lipinski definition) is 0. The van der Waals surface area contributed by atoms with Gasteiger partial charge in [0.1, 0.15) is 11.6 Å². The Bertz CT molecular complexity index is 640. The third kappa shape index (κ3) is 3.82. The summed E-state index contributed by atoms with van der Waals surface area (Å²) in [4.78, 5) is 0. The van der Waals surface area contributed by atoms with E-state index in [2.05, 4.69) is 6.07 Å². The maximum atomic E-state index is 13.2. The zero-order valence-electron chi connectivity index (χ0n) is 12.3. The molecule has 0 aliphatic rings. The number of benzene rings is 2. The molecule has 0 N–H and O–H groups in total. The van der Waals surface area contributed by atoms with Crippen LogP contribution >= 0.6 is 0 Å². The molecule has 2 aromatic rings. The molecule has 108 valence electrons. The van der Waals surface area contributed by atoms with Gasteiger partial charge in [-0.05, 0) is 42.7 Å². The van der Waals surface area contributed by atoms with E-state index < -0.39 is 0 Å². The Morgan fingerprint density at radius 3 is 2.43 bits per heavy atom. The molecule has 0 aliphatic carbocycles. The van der Waals surface area contributed by atoms with E-state index in [1.807, 2.05) is 32.0 Å². The SMILES string of the molecule is Cc1cccc(C)c1OCCC(C#N)c1cccc(F)c1. The molecule has 0 spiro atoms. The third-order valence-electron chi connectivity index (χ3n) is 3.47. The van der Waals surface area contributed by atoms with Gasteiger partial charge in [0, 0.05) is 6.42 Å². The number of nitrogens with zero attached hydrogens (tertiary/aromatic N) is 1. The summed E-state index contributed by atoms with van der Waals surface area (Å²) in [6.45, 7) is 4.42. The van der Waals surface area contributed by atoms with Crippen molar-refractivity contribution in [3.8, 4) is 11.8 Å². The van der Waals surface area contributed by atoms with Gasteiger partial charge in [-0.25, -0.2) is 4.39 Å². The van der Waals surface area contributed by atoms with E-state index in [4.69, 9.17) is 4.74 Å². The van der Waals surface area contributed by atoms with E-state index in [0.717, 1.165) is 16.9 Å². The summed E-state index contributed by atoms with van der Waals surface area (Å²) in [6, 6.07) is 14.4. The molecular weight excluding hydrogens is 265 g/mol. The molecule has 0 heterocycles. The molecular formula is C18H18FNO. The lowest BCUT2D eigenvalue weighted by atomic mass is 9.97. The van der Waals surface area contributed by atoms with Crippen molar-refractivity contribution in [3.05, 3.63) is 65.0 Å². The van der Waals surface area contributed by atoms with Crippen LogP contribution < -0.4 is 4.74 Å². The van der Waals surface area contributed by atoms with Gasteiger partial charge < -0.3 is 4.74 Å². The van der Waals surface area contributed by atoms with Crippen LogP contribution in [-0.2, 0) is 0 Å². The van der Waals surface area contributed by atoms with Gasteiger partial charge >= 0.3 is 0 Å². The van der Waals surface area contributed by atoms with Crippen molar-refractivity contribution in [2.75, 3.05) is 6.61 Å². The van der Waals surface area contributed by atoms with Gasteiger partial charge in [-0.15, -0.1) is 0 Å². The van der Waals surface area contributed by atoms with Crippen LogP contribution in [0.5, 0.6) is 5.75 Å². The van der Waals surface area contributed by atoms with Crippen molar-refractivity contribution in [1.82, 2.24) is 0 Å². The van der Waals surface area contributed by atoms with Gasteiger partial charge in [0.25, 0.3) is 0 Å². The Labute approximate surface area is 124 Å². The number of nitriles is 1. The summed E-state index contributed by atoms with van der Waals surface area (Å²) in [5.41, 5.74) is 2.85. The molecule has 0 bridgehead atoms. The van der Waals surface area contributed by atoms with Crippen LogP contribution in [0.15, 0.2) is 42.5 Å². The average Bonchev–Trinajstić information content (AvgIpc) is 2.46. The predicted molar refractivity (Wildman–Crippen MR) is 80.8 cm³/mol. The highest BCUT2D eigenvalue weighted by Gasteiger charge is 2.12. The van der Waals surface area contributed by atoms with E-state index in [1.54, 1.807) is 12.1 Å². The van der Waals surface area contributed by atoms with Gasteiger partial charge in [0.05, 0.1) is 18.6 Å². The Morgan fingerprint density at radius 2 is 1.81 bits per heavy atom. The van der Waals surface area contributed by atoms with Crippen molar-refractivity contribution in [3.63, 3.8) is 0 Å². The van der Waals surface area contributed by atoms with Crippen LogP contribution in [0.2, 0.25) is 0 Å². The lowest BCUT2D eigenvalue weighted by Crippen LogP contribution is -2.06. The van der Waals surface area contributed by atoms with E-state index in [1.165, 1.54) is 12.1 Å². The van der Waals surface area contributed by atoms with Crippen LogP contribution in [0, 0.1) is 31.0 Å². The highest BCUT2D eigenvalue weighted by Crippen LogP contribution is 2.24. The van der Waals surface area contributed by atoms with Gasteiger partial charge in [-0.3, -0.25) is 0 Å². The fourth-order valence-corrected chi connectivity index (χ4v) is 2.33. The van der Waals surface area contributed by atoms with Gasteiger partial charge in [0.2, 0.25) is 0 Å². The third-order valence-corrected chi connectivity index (χ3v) is 3.47. The first-order valence-corrected chi connectivity index (χ1v) is 6.96. The maximum Gasteiger partial charge on any atom is 0.125 e. The fraction of sp³-hybridized carbons (Fsp3) is 0.278. The topological polar surface area (TPSA) is 33.0 Å². The zero-order chi connectivity index (χ0) is 15.2. The van der Waals surface area contributed by atoms with Crippen LogP contribution in [0.4, 0.5) is 4.39 Å². The molecule has 21 heavy (non-hydrogen) atoms. The zero-order valence-corrected chi connectivity index (χ0v) is 12.3. The minimum absolute atomic E-state index is 0.316. The van der Waals surface area contributed by atoms with Crippen molar-refractivity contribution >= 4 is 0 Å². The molecule has 0 radical (unpaired) electrons. The first kappa shape index (κ1) is 15.1. The smallest absolute Gasteiger partial charge is 0.125 e. The Kier molecular flexibility index (Phi) is 4.94. The number of rotatable bonds is 5. The second-order valence-corrected chi connectivity index (χ2v) is 5.09. The molecule has 0 amide bonds.